The summed E-state index contributed by atoms with van der Waals surface area (Å²) < 4.78 is 5.39. The third-order valence-corrected chi connectivity index (χ3v) is 3.58. The van der Waals surface area contributed by atoms with Crippen LogP contribution in [0.2, 0.25) is 0 Å². The molecule has 0 saturated carbocycles. The van der Waals surface area contributed by atoms with Gasteiger partial charge >= 0.3 is 0 Å². The largest absolute Gasteiger partial charge is 0.379 e. The first-order chi connectivity index (χ1) is 8.65. The molecule has 1 aromatic carbocycles. The Labute approximate surface area is 108 Å². The fraction of sp³-hybridized carbons (Fsp3) is 0.500. The lowest BCUT2D eigenvalue weighted by Crippen LogP contribution is -2.43. The standard InChI is InChI=1S/C14H20N2O2/c1-10-6-4-5-7-13(10)16(3)14(17)11-8-18-9-12(11)15-2/h4-7,11-12,15H,8-9H2,1-3H3. The first-order valence-corrected chi connectivity index (χ1v) is 6.23. The second-order valence-electron chi connectivity index (χ2n) is 4.72. The van der Waals surface area contributed by atoms with Crippen LogP contribution in [0.25, 0.3) is 0 Å². The van der Waals surface area contributed by atoms with Gasteiger partial charge in [0.15, 0.2) is 0 Å². The molecule has 98 valence electrons. The Hall–Kier alpha value is -1.39. The van der Waals surface area contributed by atoms with E-state index in [1.54, 1.807) is 4.90 Å². The zero-order chi connectivity index (χ0) is 13.1. The van der Waals surface area contributed by atoms with E-state index < -0.39 is 0 Å². The van der Waals surface area contributed by atoms with E-state index >= 15 is 0 Å². The van der Waals surface area contributed by atoms with E-state index in [-0.39, 0.29) is 17.9 Å². The van der Waals surface area contributed by atoms with Gasteiger partial charge in [-0.25, -0.2) is 0 Å². The summed E-state index contributed by atoms with van der Waals surface area (Å²) in [6.45, 7) is 3.12. The molecule has 1 heterocycles. The molecule has 0 radical (unpaired) electrons. The Morgan fingerprint density at radius 3 is 2.78 bits per heavy atom. The van der Waals surface area contributed by atoms with Crippen LogP contribution in [0.15, 0.2) is 24.3 Å². The second-order valence-corrected chi connectivity index (χ2v) is 4.72. The van der Waals surface area contributed by atoms with Crippen LogP contribution < -0.4 is 10.2 Å². The second kappa shape index (κ2) is 5.50. The van der Waals surface area contributed by atoms with Gasteiger partial charge in [-0.1, -0.05) is 18.2 Å². The summed E-state index contributed by atoms with van der Waals surface area (Å²) in [5.41, 5.74) is 2.07. The molecule has 18 heavy (non-hydrogen) atoms. The van der Waals surface area contributed by atoms with Gasteiger partial charge in [-0.2, -0.15) is 0 Å². The van der Waals surface area contributed by atoms with Gasteiger partial charge in [0.05, 0.1) is 19.1 Å². The molecular weight excluding hydrogens is 228 g/mol. The Morgan fingerprint density at radius 1 is 1.39 bits per heavy atom. The zero-order valence-electron chi connectivity index (χ0n) is 11.1. The normalized spacial score (nSPS) is 23.1. The van der Waals surface area contributed by atoms with Gasteiger partial charge in [-0.05, 0) is 25.6 Å². The Morgan fingerprint density at radius 2 is 2.11 bits per heavy atom. The maximum absolute atomic E-state index is 12.5. The summed E-state index contributed by atoms with van der Waals surface area (Å²) in [6, 6.07) is 8.03. The number of carbonyl (C=O) groups excluding carboxylic acids is 1. The average molecular weight is 248 g/mol. The lowest BCUT2D eigenvalue weighted by molar-refractivity contribution is -0.122. The van der Waals surface area contributed by atoms with Crippen LogP contribution in [-0.2, 0) is 9.53 Å². The fourth-order valence-electron chi connectivity index (χ4n) is 2.39. The molecule has 1 aliphatic heterocycles. The Balaban J connectivity index is 2.16. The van der Waals surface area contributed by atoms with Gasteiger partial charge in [-0.3, -0.25) is 4.79 Å². The van der Waals surface area contributed by atoms with Gasteiger partial charge < -0.3 is 15.0 Å². The number of anilines is 1. The smallest absolute Gasteiger partial charge is 0.233 e. The molecule has 1 aromatic rings. The third-order valence-electron chi connectivity index (χ3n) is 3.58. The lowest BCUT2D eigenvalue weighted by atomic mass is 10.0. The predicted molar refractivity (Wildman–Crippen MR) is 71.7 cm³/mol. The first kappa shape index (κ1) is 13.1. The van der Waals surface area contributed by atoms with Gasteiger partial charge in [0.1, 0.15) is 0 Å². The van der Waals surface area contributed by atoms with E-state index in [1.165, 1.54) is 0 Å². The predicted octanol–water partition coefficient (Wildman–Crippen LogP) is 1.19. The molecular formula is C14H20N2O2. The van der Waals surface area contributed by atoms with Crippen molar-refractivity contribution in [3.63, 3.8) is 0 Å². The quantitative estimate of drug-likeness (QED) is 0.873. The third kappa shape index (κ3) is 2.40. The highest BCUT2D eigenvalue weighted by atomic mass is 16.5. The zero-order valence-corrected chi connectivity index (χ0v) is 11.1. The van der Waals surface area contributed by atoms with Crippen LogP contribution in [0.5, 0.6) is 0 Å². The number of likely N-dealkylation sites (N-methyl/N-ethyl adjacent to an activating group) is 1. The van der Waals surface area contributed by atoms with Crippen molar-refractivity contribution >= 4 is 11.6 Å². The monoisotopic (exact) mass is 248 g/mol. The van der Waals surface area contributed by atoms with Crippen LogP contribution >= 0.6 is 0 Å². The van der Waals surface area contributed by atoms with Crippen molar-refractivity contribution in [3.8, 4) is 0 Å². The molecule has 4 nitrogen and oxygen atoms in total. The SMILES string of the molecule is CNC1COCC1C(=O)N(C)c1ccccc1C. The minimum absolute atomic E-state index is 0.0976. The molecule has 0 spiro atoms. The number of para-hydroxylation sites is 1. The van der Waals surface area contributed by atoms with Crippen LogP contribution in [0.3, 0.4) is 0 Å². The maximum Gasteiger partial charge on any atom is 0.233 e. The summed E-state index contributed by atoms with van der Waals surface area (Å²) in [6.07, 6.45) is 0. The minimum Gasteiger partial charge on any atom is -0.379 e. The first-order valence-electron chi connectivity index (χ1n) is 6.23. The molecule has 0 aliphatic carbocycles. The Kier molecular flexibility index (Phi) is 3.99. The molecule has 1 fully saturated rings. The van der Waals surface area contributed by atoms with Crippen molar-refractivity contribution in [1.82, 2.24) is 5.32 Å². The number of nitrogens with zero attached hydrogens (tertiary/aromatic N) is 1. The summed E-state index contributed by atoms with van der Waals surface area (Å²) in [5, 5.41) is 3.14. The molecule has 2 atom stereocenters. The van der Waals surface area contributed by atoms with Crippen molar-refractivity contribution in [2.75, 3.05) is 32.2 Å². The average Bonchev–Trinajstić information content (AvgIpc) is 2.86. The van der Waals surface area contributed by atoms with Crippen LogP contribution in [0.4, 0.5) is 5.69 Å². The van der Waals surface area contributed by atoms with Crippen LogP contribution in [0.1, 0.15) is 5.56 Å². The highest BCUT2D eigenvalue weighted by Gasteiger charge is 2.35. The van der Waals surface area contributed by atoms with E-state index in [0.717, 1.165) is 11.3 Å². The summed E-state index contributed by atoms with van der Waals surface area (Å²) in [4.78, 5) is 14.2. The Bertz CT molecular complexity index is 434. The van der Waals surface area contributed by atoms with Gasteiger partial charge in [0.25, 0.3) is 0 Å². The number of carbonyl (C=O) groups is 1. The van der Waals surface area contributed by atoms with E-state index in [0.29, 0.717) is 13.2 Å². The molecule has 2 unspecified atom stereocenters. The fourth-order valence-corrected chi connectivity index (χ4v) is 2.39. The van der Waals surface area contributed by atoms with Crippen molar-refractivity contribution in [1.29, 1.82) is 0 Å². The topological polar surface area (TPSA) is 41.6 Å². The van der Waals surface area contributed by atoms with Gasteiger partial charge in [-0.15, -0.1) is 0 Å². The lowest BCUT2D eigenvalue weighted by Gasteiger charge is -2.25. The number of nitrogens with one attached hydrogen (secondary N) is 1. The summed E-state index contributed by atoms with van der Waals surface area (Å²) in [5.74, 6) is 0.0146. The highest BCUT2D eigenvalue weighted by Crippen LogP contribution is 2.23. The number of rotatable bonds is 3. The maximum atomic E-state index is 12.5. The highest BCUT2D eigenvalue weighted by molar-refractivity contribution is 5.95. The van der Waals surface area contributed by atoms with Gasteiger partial charge in [0, 0.05) is 18.8 Å². The molecule has 4 heteroatoms. The summed E-state index contributed by atoms with van der Waals surface area (Å²) in [7, 11) is 3.70. The number of hydrogen-bond donors (Lipinski definition) is 1. The van der Waals surface area contributed by atoms with Crippen LogP contribution in [-0.4, -0.2) is 39.3 Å². The molecule has 2 rings (SSSR count). The molecule has 0 aromatic heterocycles. The van der Waals surface area contributed by atoms with Crippen molar-refractivity contribution in [2.24, 2.45) is 5.92 Å². The number of benzene rings is 1. The van der Waals surface area contributed by atoms with E-state index in [4.69, 9.17) is 4.74 Å². The van der Waals surface area contributed by atoms with Crippen LogP contribution in [0, 0.1) is 12.8 Å². The van der Waals surface area contributed by atoms with Crippen molar-refractivity contribution < 1.29 is 9.53 Å². The summed E-state index contributed by atoms with van der Waals surface area (Å²) >= 11 is 0. The number of hydrogen-bond acceptors (Lipinski definition) is 3. The van der Waals surface area contributed by atoms with Crippen molar-refractivity contribution in [3.05, 3.63) is 29.8 Å². The van der Waals surface area contributed by atoms with Gasteiger partial charge in [0.2, 0.25) is 5.91 Å². The molecule has 1 saturated heterocycles. The minimum atomic E-state index is -0.0976. The van der Waals surface area contributed by atoms with E-state index in [2.05, 4.69) is 5.32 Å². The van der Waals surface area contributed by atoms with E-state index in [9.17, 15) is 4.79 Å². The number of aryl methyl sites for hydroxylation is 1. The van der Waals surface area contributed by atoms with Crippen molar-refractivity contribution in [2.45, 2.75) is 13.0 Å². The van der Waals surface area contributed by atoms with E-state index in [1.807, 2.05) is 45.3 Å². The molecule has 1 amide bonds. The molecule has 1 aliphatic rings. The molecule has 1 N–H and O–H groups in total. The molecule has 0 bridgehead atoms. The number of amides is 1. The number of ether oxygens (including phenoxy) is 1.